The molecule has 2 aromatic rings. The van der Waals surface area contributed by atoms with Gasteiger partial charge in [0.15, 0.2) is 5.11 Å². The van der Waals surface area contributed by atoms with E-state index in [9.17, 15) is 14.4 Å². The zero-order valence-corrected chi connectivity index (χ0v) is 17.7. The monoisotopic (exact) mass is 444 g/mol. The van der Waals surface area contributed by atoms with Crippen molar-refractivity contribution in [2.75, 3.05) is 25.7 Å². The molecule has 1 amide bonds. The van der Waals surface area contributed by atoms with Gasteiger partial charge in [-0.3, -0.25) is 14.5 Å². The Kier molecular flexibility index (Phi) is 6.49. The van der Waals surface area contributed by atoms with Crippen LogP contribution in [-0.4, -0.2) is 48.6 Å². The van der Waals surface area contributed by atoms with E-state index in [1.807, 2.05) is 0 Å². The highest BCUT2D eigenvalue weighted by Gasteiger charge is 2.40. The maximum Gasteiger partial charge on any atom is 0.337 e. The number of nitrogens with zero attached hydrogens (tertiary/aromatic N) is 2. The van der Waals surface area contributed by atoms with Gasteiger partial charge in [0.25, 0.3) is 5.91 Å². The van der Waals surface area contributed by atoms with E-state index in [-0.39, 0.29) is 17.4 Å². The molecule has 0 aromatic heterocycles. The number of hydrogen-bond donors (Lipinski definition) is 0. The first kappa shape index (κ1) is 21.5. The minimum absolute atomic E-state index is 0.144. The Morgan fingerprint density at radius 3 is 2.23 bits per heavy atom. The van der Waals surface area contributed by atoms with Crippen molar-refractivity contribution in [1.29, 1.82) is 0 Å². The summed E-state index contributed by atoms with van der Waals surface area (Å²) < 4.78 is 9.42. The van der Waals surface area contributed by atoms with Crippen LogP contribution in [0, 0.1) is 0 Å². The normalized spacial score (nSPS) is 15.0. The second kappa shape index (κ2) is 9.06. The number of methoxy groups -OCH3 is 2. The largest absolute Gasteiger partial charge is 0.468 e. The van der Waals surface area contributed by atoms with E-state index in [4.69, 9.17) is 28.6 Å². The second-order valence-electron chi connectivity index (χ2n) is 6.20. The Labute approximate surface area is 183 Å². The Balaban J connectivity index is 2.00. The van der Waals surface area contributed by atoms with Crippen molar-refractivity contribution in [3.05, 3.63) is 70.4 Å². The van der Waals surface area contributed by atoms with Crippen LogP contribution in [0.3, 0.4) is 0 Å². The summed E-state index contributed by atoms with van der Waals surface area (Å²) in [6.45, 7) is -0.225. The first-order chi connectivity index (χ1) is 14.3. The van der Waals surface area contributed by atoms with E-state index in [1.165, 1.54) is 24.0 Å². The van der Waals surface area contributed by atoms with Crippen LogP contribution in [0.25, 0.3) is 6.08 Å². The highest BCUT2D eigenvalue weighted by atomic mass is 35.5. The van der Waals surface area contributed by atoms with Crippen LogP contribution >= 0.6 is 23.8 Å². The molecular formula is C21H17ClN2O5S. The lowest BCUT2D eigenvalue weighted by molar-refractivity contribution is -0.140. The molecule has 1 aliphatic heterocycles. The van der Waals surface area contributed by atoms with E-state index < -0.39 is 17.8 Å². The predicted molar refractivity (Wildman–Crippen MR) is 116 cm³/mol. The summed E-state index contributed by atoms with van der Waals surface area (Å²) in [6.07, 6.45) is 1.59. The molecule has 1 saturated heterocycles. The van der Waals surface area contributed by atoms with Gasteiger partial charge in [0.05, 0.1) is 25.5 Å². The van der Waals surface area contributed by atoms with E-state index in [2.05, 4.69) is 4.74 Å². The number of hydrogen-bond acceptors (Lipinski definition) is 6. The molecule has 7 nitrogen and oxygen atoms in total. The van der Waals surface area contributed by atoms with Gasteiger partial charge >= 0.3 is 11.9 Å². The minimum Gasteiger partial charge on any atom is -0.468 e. The summed E-state index contributed by atoms with van der Waals surface area (Å²) in [5.74, 6) is -1.41. The molecule has 1 aliphatic rings. The molecule has 2 aromatic carbocycles. The van der Waals surface area contributed by atoms with Crippen molar-refractivity contribution < 1.29 is 23.9 Å². The quantitative estimate of drug-likeness (QED) is 0.398. The molecule has 1 fully saturated rings. The van der Waals surface area contributed by atoms with Gasteiger partial charge in [-0.25, -0.2) is 4.79 Å². The lowest BCUT2D eigenvalue weighted by Gasteiger charge is -2.19. The predicted octanol–water partition coefficient (Wildman–Crippen LogP) is 3.27. The lowest BCUT2D eigenvalue weighted by atomic mass is 10.1. The fraction of sp³-hybridized carbons (Fsp3) is 0.143. The lowest BCUT2D eigenvalue weighted by Crippen LogP contribution is -2.35. The molecule has 0 unspecified atom stereocenters. The first-order valence-electron chi connectivity index (χ1n) is 8.74. The molecule has 154 valence electrons. The number of ether oxygens (including phenoxy) is 2. The number of carbonyl (C=O) groups is 3. The number of esters is 2. The smallest absolute Gasteiger partial charge is 0.337 e. The summed E-state index contributed by atoms with van der Waals surface area (Å²) in [4.78, 5) is 39.4. The fourth-order valence-corrected chi connectivity index (χ4v) is 3.31. The Hall–Kier alpha value is -3.23. The number of anilines is 1. The highest BCUT2D eigenvalue weighted by Crippen LogP contribution is 2.30. The molecule has 0 bridgehead atoms. The minimum atomic E-state index is -0.546. The zero-order chi connectivity index (χ0) is 21.8. The van der Waals surface area contributed by atoms with Crippen molar-refractivity contribution in [3.8, 4) is 0 Å². The van der Waals surface area contributed by atoms with Gasteiger partial charge in [0.2, 0.25) is 0 Å². The van der Waals surface area contributed by atoms with Crippen LogP contribution in [0.4, 0.5) is 5.69 Å². The van der Waals surface area contributed by atoms with Gasteiger partial charge in [-0.1, -0.05) is 23.7 Å². The van der Waals surface area contributed by atoms with E-state index in [0.29, 0.717) is 21.8 Å². The maximum atomic E-state index is 13.2. The summed E-state index contributed by atoms with van der Waals surface area (Å²) in [5.41, 5.74) is 1.74. The number of benzene rings is 2. The van der Waals surface area contributed by atoms with E-state index in [0.717, 1.165) is 0 Å². The number of halogens is 1. The molecular weight excluding hydrogens is 428 g/mol. The molecule has 0 radical (unpaired) electrons. The molecule has 0 atom stereocenters. The number of carbonyl (C=O) groups excluding carboxylic acids is 3. The summed E-state index contributed by atoms with van der Waals surface area (Å²) in [5, 5.41) is 0.661. The molecule has 0 N–H and O–H groups in total. The third-order valence-electron chi connectivity index (χ3n) is 4.37. The van der Waals surface area contributed by atoms with Gasteiger partial charge in [-0.05, 0) is 60.3 Å². The van der Waals surface area contributed by atoms with Crippen molar-refractivity contribution in [2.24, 2.45) is 0 Å². The van der Waals surface area contributed by atoms with Gasteiger partial charge in [0.1, 0.15) is 12.2 Å². The van der Waals surface area contributed by atoms with E-state index in [1.54, 1.807) is 54.6 Å². The number of rotatable bonds is 5. The molecule has 0 spiro atoms. The van der Waals surface area contributed by atoms with Crippen molar-refractivity contribution >= 4 is 58.5 Å². The summed E-state index contributed by atoms with van der Waals surface area (Å²) in [7, 11) is 2.56. The van der Waals surface area contributed by atoms with E-state index >= 15 is 0 Å². The molecule has 3 rings (SSSR count). The summed E-state index contributed by atoms with van der Waals surface area (Å²) in [6, 6.07) is 13.1. The SMILES string of the molecule is COC(=O)CN1C(=S)N(c2ccc(Cl)cc2)C(=O)/C1=C/c1ccc(C(=O)OC)cc1. The van der Waals surface area contributed by atoms with Gasteiger partial charge in [-0.15, -0.1) is 0 Å². The van der Waals surface area contributed by atoms with Crippen molar-refractivity contribution in [3.63, 3.8) is 0 Å². The Bertz CT molecular complexity index is 1030. The van der Waals surface area contributed by atoms with Crippen molar-refractivity contribution in [2.45, 2.75) is 0 Å². The Morgan fingerprint density at radius 1 is 1.03 bits per heavy atom. The molecule has 9 heteroatoms. The average molecular weight is 445 g/mol. The average Bonchev–Trinajstić information content (AvgIpc) is 2.98. The van der Waals surface area contributed by atoms with Gasteiger partial charge in [0, 0.05) is 5.02 Å². The summed E-state index contributed by atoms with van der Waals surface area (Å²) >= 11 is 11.4. The second-order valence-corrected chi connectivity index (χ2v) is 7.01. The number of thiocarbonyl (C=S) groups is 1. The van der Waals surface area contributed by atoms with Crippen LogP contribution in [0.5, 0.6) is 0 Å². The van der Waals surface area contributed by atoms with Crippen LogP contribution in [0.2, 0.25) is 5.02 Å². The van der Waals surface area contributed by atoms with Crippen LogP contribution < -0.4 is 4.90 Å². The molecule has 1 heterocycles. The van der Waals surface area contributed by atoms with Gasteiger partial charge in [-0.2, -0.15) is 0 Å². The Morgan fingerprint density at radius 2 is 1.67 bits per heavy atom. The molecule has 0 saturated carbocycles. The highest BCUT2D eigenvalue weighted by molar-refractivity contribution is 7.80. The van der Waals surface area contributed by atoms with Crippen LogP contribution in [0.1, 0.15) is 15.9 Å². The zero-order valence-electron chi connectivity index (χ0n) is 16.1. The third-order valence-corrected chi connectivity index (χ3v) is 5.03. The first-order valence-corrected chi connectivity index (χ1v) is 9.52. The van der Waals surface area contributed by atoms with Crippen LogP contribution in [0.15, 0.2) is 54.2 Å². The fourth-order valence-electron chi connectivity index (χ4n) is 2.84. The standard InChI is InChI=1S/C21H17ClN2O5S/c1-28-18(25)12-23-17(11-13-3-5-14(6-4-13)20(27)29-2)19(26)24(21(23)30)16-9-7-15(22)8-10-16/h3-11H,12H2,1-2H3/b17-11-. The third kappa shape index (κ3) is 4.34. The van der Waals surface area contributed by atoms with Gasteiger partial charge < -0.3 is 14.4 Å². The van der Waals surface area contributed by atoms with Crippen molar-refractivity contribution in [1.82, 2.24) is 4.90 Å². The number of amides is 1. The maximum absolute atomic E-state index is 13.2. The molecule has 30 heavy (non-hydrogen) atoms. The molecule has 0 aliphatic carbocycles. The van der Waals surface area contributed by atoms with Crippen LogP contribution in [-0.2, 0) is 19.1 Å². The topological polar surface area (TPSA) is 76.2 Å².